The Balaban J connectivity index is 2.11. The van der Waals surface area contributed by atoms with Gasteiger partial charge in [-0.05, 0) is 18.4 Å². The molecule has 4 N–H and O–H groups in total. The van der Waals surface area contributed by atoms with E-state index in [0.717, 1.165) is 19.3 Å². The van der Waals surface area contributed by atoms with Gasteiger partial charge < -0.3 is 16.2 Å². The summed E-state index contributed by atoms with van der Waals surface area (Å²) in [4.78, 5) is 23.7. The molecule has 1 saturated carbocycles. The molecule has 1 amide bonds. The number of carbonyl (C=O) groups is 2. The standard InChI is InChI=1S/C15H20N2O3/c16-12(11-7-3-1-4-8-11)13(18)17-15(14(19)20)9-5-2-6-10-15/h1,3-4,7-8,12H,2,5-6,9-10,16H2,(H,17,18)(H,19,20)/t12-/m1/s1. The topological polar surface area (TPSA) is 92.4 Å². The highest BCUT2D eigenvalue weighted by molar-refractivity contribution is 5.90. The first-order chi connectivity index (χ1) is 9.55. The lowest BCUT2D eigenvalue weighted by Gasteiger charge is -2.34. The Kier molecular flexibility index (Phi) is 4.39. The molecule has 0 radical (unpaired) electrons. The van der Waals surface area contributed by atoms with Gasteiger partial charge in [0.15, 0.2) is 0 Å². The zero-order valence-electron chi connectivity index (χ0n) is 11.3. The van der Waals surface area contributed by atoms with Gasteiger partial charge in [0.05, 0.1) is 0 Å². The molecule has 0 aliphatic heterocycles. The van der Waals surface area contributed by atoms with Crippen LogP contribution in [0.3, 0.4) is 0 Å². The molecule has 1 aliphatic carbocycles. The summed E-state index contributed by atoms with van der Waals surface area (Å²) in [5.74, 6) is -1.40. The molecule has 0 saturated heterocycles. The van der Waals surface area contributed by atoms with Gasteiger partial charge in [0.1, 0.15) is 11.6 Å². The Morgan fingerprint density at radius 2 is 1.75 bits per heavy atom. The van der Waals surface area contributed by atoms with Crippen LogP contribution < -0.4 is 11.1 Å². The number of hydrogen-bond donors (Lipinski definition) is 3. The van der Waals surface area contributed by atoms with Crippen LogP contribution >= 0.6 is 0 Å². The largest absolute Gasteiger partial charge is 0.480 e. The normalized spacial score (nSPS) is 19.1. The van der Waals surface area contributed by atoms with E-state index in [9.17, 15) is 14.7 Å². The maximum absolute atomic E-state index is 12.2. The molecule has 20 heavy (non-hydrogen) atoms. The number of carboxylic acid groups (broad SMARTS) is 1. The highest BCUT2D eigenvalue weighted by Crippen LogP contribution is 2.29. The summed E-state index contributed by atoms with van der Waals surface area (Å²) in [7, 11) is 0. The first-order valence-electron chi connectivity index (χ1n) is 6.91. The van der Waals surface area contributed by atoms with Gasteiger partial charge in [-0.2, -0.15) is 0 Å². The van der Waals surface area contributed by atoms with Gasteiger partial charge in [-0.15, -0.1) is 0 Å². The van der Waals surface area contributed by atoms with Crippen molar-refractivity contribution in [2.24, 2.45) is 5.73 Å². The van der Waals surface area contributed by atoms with E-state index < -0.39 is 23.5 Å². The van der Waals surface area contributed by atoms with E-state index in [1.165, 1.54) is 0 Å². The molecular weight excluding hydrogens is 256 g/mol. The van der Waals surface area contributed by atoms with Gasteiger partial charge in [-0.3, -0.25) is 4.79 Å². The number of nitrogens with two attached hydrogens (primary N) is 1. The van der Waals surface area contributed by atoms with E-state index >= 15 is 0 Å². The van der Waals surface area contributed by atoms with Gasteiger partial charge in [-0.25, -0.2) is 4.79 Å². The highest BCUT2D eigenvalue weighted by Gasteiger charge is 2.41. The molecule has 0 heterocycles. The highest BCUT2D eigenvalue weighted by atomic mass is 16.4. The van der Waals surface area contributed by atoms with Crippen molar-refractivity contribution in [3.05, 3.63) is 35.9 Å². The van der Waals surface area contributed by atoms with E-state index in [-0.39, 0.29) is 0 Å². The summed E-state index contributed by atoms with van der Waals surface area (Å²) in [5.41, 5.74) is 5.44. The van der Waals surface area contributed by atoms with Crippen molar-refractivity contribution in [2.75, 3.05) is 0 Å². The average molecular weight is 276 g/mol. The number of carboxylic acids is 1. The summed E-state index contributed by atoms with van der Waals surface area (Å²) < 4.78 is 0. The number of benzene rings is 1. The third-order valence-corrected chi connectivity index (χ3v) is 3.92. The van der Waals surface area contributed by atoms with Crippen molar-refractivity contribution >= 4 is 11.9 Å². The molecule has 5 heteroatoms. The van der Waals surface area contributed by atoms with Crippen LogP contribution in [-0.2, 0) is 9.59 Å². The minimum absolute atomic E-state index is 0.430. The molecule has 0 spiro atoms. The first-order valence-corrected chi connectivity index (χ1v) is 6.91. The van der Waals surface area contributed by atoms with Crippen LogP contribution in [-0.4, -0.2) is 22.5 Å². The van der Waals surface area contributed by atoms with Crippen LogP contribution in [0.2, 0.25) is 0 Å². The molecule has 1 aromatic carbocycles. The predicted octanol–water partition coefficient (Wildman–Crippen LogP) is 1.59. The van der Waals surface area contributed by atoms with Crippen molar-refractivity contribution < 1.29 is 14.7 Å². The van der Waals surface area contributed by atoms with E-state index in [0.29, 0.717) is 18.4 Å². The number of carbonyl (C=O) groups excluding carboxylic acids is 1. The van der Waals surface area contributed by atoms with E-state index in [1.54, 1.807) is 24.3 Å². The Labute approximate surface area is 118 Å². The van der Waals surface area contributed by atoms with Crippen molar-refractivity contribution in [1.29, 1.82) is 0 Å². The van der Waals surface area contributed by atoms with E-state index in [1.807, 2.05) is 6.07 Å². The number of rotatable bonds is 4. The van der Waals surface area contributed by atoms with Gasteiger partial charge in [0.2, 0.25) is 5.91 Å². The second-order valence-electron chi connectivity index (χ2n) is 5.33. The van der Waals surface area contributed by atoms with Crippen LogP contribution in [0, 0.1) is 0 Å². The van der Waals surface area contributed by atoms with Crippen molar-refractivity contribution in [3.63, 3.8) is 0 Å². The monoisotopic (exact) mass is 276 g/mol. The summed E-state index contributed by atoms with van der Waals surface area (Å²) in [6.45, 7) is 0. The second-order valence-corrected chi connectivity index (χ2v) is 5.33. The molecule has 1 aliphatic rings. The molecule has 108 valence electrons. The Morgan fingerprint density at radius 3 is 2.30 bits per heavy atom. The fraction of sp³-hybridized carbons (Fsp3) is 0.467. The summed E-state index contributed by atoms with van der Waals surface area (Å²) in [6, 6.07) is 8.13. The van der Waals surface area contributed by atoms with Crippen LogP contribution in [0.5, 0.6) is 0 Å². The lowest BCUT2D eigenvalue weighted by molar-refractivity contribution is -0.149. The van der Waals surface area contributed by atoms with Crippen LogP contribution in [0.15, 0.2) is 30.3 Å². The fourth-order valence-corrected chi connectivity index (χ4v) is 2.67. The molecule has 0 unspecified atom stereocenters. The smallest absolute Gasteiger partial charge is 0.329 e. The summed E-state index contributed by atoms with van der Waals surface area (Å²) >= 11 is 0. The fourth-order valence-electron chi connectivity index (χ4n) is 2.67. The second kappa shape index (κ2) is 6.05. The Morgan fingerprint density at radius 1 is 1.15 bits per heavy atom. The number of aliphatic carboxylic acids is 1. The van der Waals surface area contributed by atoms with E-state index in [2.05, 4.69) is 5.32 Å². The third-order valence-electron chi connectivity index (χ3n) is 3.92. The molecule has 1 aromatic rings. The van der Waals surface area contributed by atoms with E-state index in [4.69, 9.17) is 5.73 Å². The van der Waals surface area contributed by atoms with Crippen molar-refractivity contribution in [1.82, 2.24) is 5.32 Å². The molecule has 0 bridgehead atoms. The minimum Gasteiger partial charge on any atom is -0.480 e. The minimum atomic E-state index is -1.15. The van der Waals surface area contributed by atoms with Crippen LogP contribution in [0.25, 0.3) is 0 Å². The zero-order valence-corrected chi connectivity index (χ0v) is 11.3. The number of hydrogen-bond acceptors (Lipinski definition) is 3. The maximum Gasteiger partial charge on any atom is 0.329 e. The molecule has 5 nitrogen and oxygen atoms in total. The average Bonchev–Trinajstić information content (AvgIpc) is 2.48. The number of nitrogens with one attached hydrogen (secondary N) is 1. The third kappa shape index (κ3) is 2.99. The molecular formula is C15H20N2O3. The van der Waals surface area contributed by atoms with Gasteiger partial charge >= 0.3 is 5.97 Å². The predicted molar refractivity (Wildman–Crippen MR) is 75.0 cm³/mol. The quantitative estimate of drug-likeness (QED) is 0.778. The van der Waals surface area contributed by atoms with Crippen LogP contribution in [0.1, 0.15) is 43.7 Å². The van der Waals surface area contributed by atoms with Gasteiger partial charge in [-0.1, -0.05) is 49.6 Å². The number of amides is 1. The summed E-state index contributed by atoms with van der Waals surface area (Å²) in [6.07, 6.45) is 3.57. The molecule has 1 fully saturated rings. The van der Waals surface area contributed by atoms with Gasteiger partial charge in [0.25, 0.3) is 0 Å². The Bertz CT molecular complexity index is 481. The first kappa shape index (κ1) is 14.5. The van der Waals surface area contributed by atoms with Crippen LogP contribution in [0.4, 0.5) is 0 Å². The lowest BCUT2D eigenvalue weighted by atomic mass is 9.81. The molecule has 1 atom stereocenters. The van der Waals surface area contributed by atoms with Crippen molar-refractivity contribution in [2.45, 2.75) is 43.7 Å². The summed E-state index contributed by atoms with van der Waals surface area (Å²) in [5, 5.41) is 12.1. The molecule has 0 aromatic heterocycles. The molecule has 2 rings (SSSR count). The van der Waals surface area contributed by atoms with Gasteiger partial charge in [0, 0.05) is 0 Å². The zero-order chi connectivity index (χ0) is 14.6. The lowest BCUT2D eigenvalue weighted by Crippen LogP contribution is -2.57. The Hall–Kier alpha value is -1.88. The SMILES string of the molecule is N[C@@H](C(=O)NC1(C(=O)O)CCCCC1)c1ccccc1. The maximum atomic E-state index is 12.2. The van der Waals surface area contributed by atoms with Crippen molar-refractivity contribution in [3.8, 4) is 0 Å².